The number of rotatable bonds is 8. The third kappa shape index (κ3) is 4.67. The lowest BCUT2D eigenvalue weighted by Crippen LogP contribution is -2.14. The van der Waals surface area contributed by atoms with Crippen molar-refractivity contribution < 1.29 is 14.3 Å². The van der Waals surface area contributed by atoms with Gasteiger partial charge >= 0.3 is 0 Å². The molecule has 1 heterocycles. The van der Waals surface area contributed by atoms with Gasteiger partial charge in [-0.25, -0.2) is 4.68 Å². The Morgan fingerprint density at radius 3 is 2.70 bits per heavy atom. The van der Waals surface area contributed by atoms with E-state index in [0.29, 0.717) is 29.5 Å². The molecule has 27 heavy (non-hydrogen) atoms. The molecule has 0 fully saturated rings. The summed E-state index contributed by atoms with van der Waals surface area (Å²) in [7, 11) is 1.58. The highest BCUT2D eigenvalue weighted by Gasteiger charge is 2.14. The standard InChI is InChI=1S/C21H23N3O3/c1-3-4-14-27-20-11-10-17(26-2)15-19(20)22-21(25)18-12-13-24(23-18)16-8-6-5-7-9-16/h5-13,15H,3-4,14H2,1-2H3,(H,22,25). The van der Waals surface area contributed by atoms with Crippen molar-refractivity contribution in [1.82, 2.24) is 9.78 Å². The summed E-state index contributed by atoms with van der Waals surface area (Å²) in [6, 6.07) is 16.7. The first kappa shape index (κ1) is 18.5. The van der Waals surface area contributed by atoms with Crippen LogP contribution in [0.4, 0.5) is 5.69 Å². The van der Waals surface area contributed by atoms with E-state index < -0.39 is 0 Å². The third-order valence-corrected chi connectivity index (χ3v) is 4.03. The average Bonchev–Trinajstić information content (AvgIpc) is 3.20. The summed E-state index contributed by atoms with van der Waals surface area (Å²) in [5.41, 5.74) is 1.77. The van der Waals surface area contributed by atoms with Crippen LogP contribution in [0.5, 0.6) is 11.5 Å². The van der Waals surface area contributed by atoms with Gasteiger partial charge in [0.05, 0.1) is 25.1 Å². The normalized spacial score (nSPS) is 10.4. The van der Waals surface area contributed by atoms with Gasteiger partial charge in [-0.15, -0.1) is 0 Å². The van der Waals surface area contributed by atoms with Gasteiger partial charge in [-0.2, -0.15) is 5.10 Å². The van der Waals surface area contributed by atoms with E-state index in [9.17, 15) is 4.79 Å². The lowest BCUT2D eigenvalue weighted by Gasteiger charge is -2.13. The van der Waals surface area contributed by atoms with Crippen molar-refractivity contribution in [1.29, 1.82) is 0 Å². The topological polar surface area (TPSA) is 65.4 Å². The van der Waals surface area contributed by atoms with Gasteiger partial charge in [0.2, 0.25) is 0 Å². The van der Waals surface area contributed by atoms with Gasteiger partial charge in [-0.3, -0.25) is 4.79 Å². The van der Waals surface area contributed by atoms with Crippen LogP contribution in [-0.4, -0.2) is 29.4 Å². The molecular weight excluding hydrogens is 342 g/mol. The molecule has 6 heteroatoms. The van der Waals surface area contributed by atoms with Crippen LogP contribution in [0.2, 0.25) is 0 Å². The minimum absolute atomic E-state index is 0.307. The van der Waals surface area contributed by atoms with Crippen molar-refractivity contribution in [3.05, 3.63) is 66.5 Å². The Bertz CT molecular complexity index is 891. The molecule has 3 aromatic rings. The van der Waals surface area contributed by atoms with Crippen LogP contribution in [0.3, 0.4) is 0 Å². The Balaban J connectivity index is 1.78. The van der Waals surface area contributed by atoms with Gasteiger partial charge < -0.3 is 14.8 Å². The summed E-state index contributed by atoms with van der Waals surface area (Å²) in [6.07, 6.45) is 3.74. The lowest BCUT2D eigenvalue weighted by molar-refractivity contribution is 0.102. The Hall–Kier alpha value is -3.28. The minimum atomic E-state index is -0.307. The molecule has 2 aromatic carbocycles. The number of nitrogens with one attached hydrogen (secondary N) is 1. The maximum atomic E-state index is 12.7. The Kier molecular flexibility index (Phi) is 6.10. The minimum Gasteiger partial charge on any atom is -0.497 e. The lowest BCUT2D eigenvalue weighted by atomic mass is 10.2. The molecule has 0 radical (unpaired) electrons. The molecule has 0 atom stereocenters. The second-order valence-corrected chi connectivity index (χ2v) is 6.00. The van der Waals surface area contributed by atoms with Gasteiger partial charge in [0.15, 0.2) is 5.69 Å². The molecule has 6 nitrogen and oxygen atoms in total. The molecule has 1 aromatic heterocycles. The molecule has 0 aliphatic rings. The molecule has 0 saturated carbocycles. The molecule has 0 aliphatic heterocycles. The van der Waals surface area contributed by atoms with E-state index in [1.807, 2.05) is 30.3 Å². The molecular formula is C21H23N3O3. The molecule has 0 spiro atoms. The zero-order valence-corrected chi connectivity index (χ0v) is 15.5. The van der Waals surface area contributed by atoms with E-state index in [1.54, 1.807) is 42.3 Å². The predicted octanol–water partition coefficient (Wildman–Crippen LogP) is 4.31. The van der Waals surface area contributed by atoms with Crippen LogP contribution >= 0.6 is 0 Å². The zero-order chi connectivity index (χ0) is 19.1. The first-order chi connectivity index (χ1) is 13.2. The molecule has 0 unspecified atom stereocenters. The quantitative estimate of drug-likeness (QED) is 0.604. The van der Waals surface area contributed by atoms with Crippen LogP contribution in [0.25, 0.3) is 5.69 Å². The second kappa shape index (κ2) is 8.89. The van der Waals surface area contributed by atoms with E-state index in [-0.39, 0.29) is 5.91 Å². The summed E-state index contributed by atoms with van der Waals surface area (Å²) >= 11 is 0. The molecule has 1 N–H and O–H groups in total. The number of carbonyl (C=O) groups is 1. The summed E-state index contributed by atoms with van der Waals surface area (Å²) in [6.45, 7) is 2.69. The Morgan fingerprint density at radius 1 is 1.15 bits per heavy atom. The number of nitrogens with zero attached hydrogens (tertiary/aromatic N) is 2. The zero-order valence-electron chi connectivity index (χ0n) is 15.5. The summed E-state index contributed by atoms with van der Waals surface area (Å²) in [5, 5.41) is 7.23. The third-order valence-electron chi connectivity index (χ3n) is 4.03. The van der Waals surface area contributed by atoms with Gasteiger partial charge in [0, 0.05) is 12.3 Å². The van der Waals surface area contributed by atoms with Crippen molar-refractivity contribution >= 4 is 11.6 Å². The Morgan fingerprint density at radius 2 is 1.96 bits per heavy atom. The Labute approximate surface area is 158 Å². The number of aromatic nitrogens is 2. The molecule has 3 rings (SSSR count). The van der Waals surface area contributed by atoms with Crippen LogP contribution < -0.4 is 14.8 Å². The van der Waals surface area contributed by atoms with Crippen LogP contribution in [0.1, 0.15) is 30.3 Å². The maximum absolute atomic E-state index is 12.7. The number of hydrogen-bond donors (Lipinski definition) is 1. The first-order valence-corrected chi connectivity index (χ1v) is 8.94. The number of para-hydroxylation sites is 1. The summed E-state index contributed by atoms with van der Waals surface area (Å²) in [5.74, 6) is 0.946. The van der Waals surface area contributed by atoms with E-state index in [4.69, 9.17) is 9.47 Å². The largest absolute Gasteiger partial charge is 0.497 e. The van der Waals surface area contributed by atoms with Crippen LogP contribution in [0.15, 0.2) is 60.8 Å². The van der Waals surface area contributed by atoms with E-state index in [1.165, 1.54) is 0 Å². The van der Waals surface area contributed by atoms with Crippen LogP contribution in [0, 0.1) is 0 Å². The summed E-state index contributed by atoms with van der Waals surface area (Å²) in [4.78, 5) is 12.7. The first-order valence-electron chi connectivity index (χ1n) is 8.94. The highest BCUT2D eigenvalue weighted by Crippen LogP contribution is 2.30. The van der Waals surface area contributed by atoms with Gasteiger partial charge in [-0.1, -0.05) is 31.5 Å². The molecule has 1 amide bonds. The fraction of sp³-hybridized carbons (Fsp3) is 0.238. The monoisotopic (exact) mass is 365 g/mol. The van der Waals surface area contributed by atoms with Gasteiger partial charge in [0.25, 0.3) is 5.91 Å². The smallest absolute Gasteiger partial charge is 0.276 e. The van der Waals surface area contributed by atoms with Crippen molar-refractivity contribution in [3.8, 4) is 17.2 Å². The SMILES string of the molecule is CCCCOc1ccc(OC)cc1NC(=O)c1ccn(-c2ccccc2)n1. The predicted molar refractivity (Wildman–Crippen MR) is 105 cm³/mol. The number of ether oxygens (including phenoxy) is 2. The number of methoxy groups -OCH3 is 1. The van der Waals surface area contributed by atoms with Crippen molar-refractivity contribution in [2.75, 3.05) is 19.0 Å². The fourth-order valence-electron chi connectivity index (χ4n) is 2.54. The maximum Gasteiger partial charge on any atom is 0.276 e. The number of unbranched alkanes of at least 4 members (excludes halogenated alkanes) is 1. The highest BCUT2D eigenvalue weighted by atomic mass is 16.5. The molecule has 0 bridgehead atoms. The second-order valence-electron chi connectivity index (χ2n) is 6.00. The average molecular weight is 365 g/mol. The van der Waals surface area contributed by atoms with E-state index in [0.717, 1.165) is 18.5 Å². The number of amides is 1. The number of anilines is 1. The highest BCUT2D eigenvalue weighted by molar-refractivity contribution is 6.03. The molecule has 0 saturated heterocycles. The van der Waals surface area contributed by atoms with E-state index in [2.05, 4.69) is 17.3 Å². The van der Waals surface area contributed by atoms with Crippen molar-refractivity contribution in [3.63, 3.8) is 0 Å². The molecule has 0 aliphatic carbocycles. The van der Waals surface area contributed by atoms with Crippen molar-refractivity contribution in [2.24, 2.45) is 0 Å². The number of hydrogen-bond acceptors (Lipinski definition) is 4. The van der Waals surface area contributed by atoms with Gasteiger partial charge in [0.1, 0.15) is 11.5 Å². The number of benzene rings is 2. The number of carbonyl (C=O) groups excluding carboxylic acids is 1. The molecule has 140 valence electrons. The van der Waals surface area contributed by atoms with Crippen molar-refractivity contribution in [2.45, 2.75) is 19.8 Å². The van der Waals surface area contributed by atoms with Gasteiger partial charge in [-0.05, 0) is 36.8 Å². The summed E-state index contributed by atoms with van der Waals surface area (Å²) < 4.78 is 12.7. The fourth-order valence-corrected chi connectivity index (χ4v) is 2.54. The van der Waals surface area contributed by atoms with Crippen LogP contribution in [-0.2, 0) is 0 Å². The van der Waals surface area contributed by atoms with E-state index >= 15 is 0 Å².